The van der Waals surface area contributed by atoms with Gasteiger partial charge in [0.2, 0.25) is 0 Å². The molecule has 1 atom stereocenters. The summed E-state index contributed by atoms with van der Waals surface area (Å²) < 4.78 is 6.29. The van der Waals surface area contributed by atoms with Gasteiger partial charge in [0.25, 0.3) is 0 Å². The van der Waals surface area contributed by atoms with Crippen LogP contribution in [0.3, 0.4) is 0 Å². The highest BCUT2D eigenvalue weighted by Gasteiger charge is 2.47. The Labute approximate surface area is 107 Å². The number of hydrogen-bond donors (Lipinski definition) is 1. The van der Waals surface area contributed by atoms with Gasteiger partial charge in [-0.25, -0.2) is 0 Å². The highest BCUT2D eigenvalue weighted by molar-refractivity contribution is 5.94. The molecule has 1 aromatic rings. The fourth-order valence-corrected chi connectivity index (χ4v) is 3.26. The van der Waals surface area contributed by atoms with Crippen LogP contribution in [0.5, 0.6) is 0 Å². The summed E-state index contributed by atoms with van der Waals surface area (Å²) in [6.45, 7) is 0. The van der Waals surface area contributed by atoms with E-state index in [1.54, 1.807) is 0 Å². The molecule has 0 amide bonds. The zero-order chi connectivity index (χ0) is 12.4. The molecule has 0 aromatic heterocycles. The van der Waals surface area contributed by atoms with Crippen molar-refractivity contribution in [1.82, 2.24) is 0 Å². The Morgan fingerprint density at radius 3 is 2.50 bits per heavy atom. The van der Waals surface area contributed by atoms with Crippen molar-refractivity contribution in [2.45, 2.75) is 50.2 Å². The van der Waals surface area contributed by atoms with E-state index in [4.69, 9.17) is 4.74 Å². The minimum absolute atomic E-state index is 0.0511. The standard InChI is InChI=1S/C15H19NO2/c17-16-14-11-13(12-7-3-1-4-8-12)18-15(14)9-5-2-6-10-15/h1,3-4,7-8,13,17H,2,5-6,9-11H2/b16-14-/t13-/m0/s1. The van der Waals surface area contributed by atoms with Gasteiger partial charge in [0.15, 0.2) is 0 Å². The second kappa shape index (κ2) is 4.73. The molecule has 0 radical (unpaired) electrons. The Balaban J connectivity index is 1.86. The summed E-state index contributed by atoms with van der Waals surface area (Å²) in [5.74, 6) is 0. The van der Waals surface area contributed by atoms with Gasteiger partial charge in [0.05, 0.1) is 11.8 Å². The van der Waals surface area contributed by atoms with E-state index in [9.17, 15) is 5.21 Å². The zero-order valence-electron chi connectivity index (χ0n) is 10.5. The Morgan fingerprint density at radius 1 is 1.11 bits per heavy atom. The SMILES string of the molecule is O/N=C1/C[C@@H](c2ccccc2)OC12CCCCC2. The Morgan fingerprint density at radius 2 is 1.83 bits per heavy atom. The second-order valence-electron chi connectivity index (χ2n) is 5.32. The highest BCUT2D eigenvalue weighted by Crippen LogP contribution is 2.45. The molecule has 1 heterocycles. The third-order valence-electron chi connectivity index (χ3n) is 4.23. The predicted octanol–water partition coefficient (Wildman–Crippen LogP) is 3.68. The number of benzene rings is 1. The van der Waals surface area contributed by atoms with Crippen LogP contribution in [0.4, 0.5) is 0 Å². The lowest BCUT2D eigenvalue weighted by atomic mass is 9.81. The molecule has 0 unspecified atom stereocenters. The maximum absolute atomic E-state index is 9.26. The highest BCUT2D eigenvalue weighted by atomic mass is 16.5. The van der Waals surface area contributed by atoms with Crippen LogP contribution in [-0.2, 0) is 4.74 Å². The lowest BCUT2D eigenvalue weighted by molar-refractivity contribution is -0.0409. The van der Waals surface area contributed by atoms with E-state index in [1.807, 2.05) is 18.2 Å². The summed E-state index contributed by atoms with van der Waals surface area (Å²) in [5, 5.41) is 12.8. The quantitative estimate of drug-likeness (QED) is 0.605. The maximum Gasteiger partial charge on any atom is 0.110 e. The van der Waals surface area contributed by atoms with Gasteiger partial charge in [-0.2, -0.15) is 0 Å². The molecule has 2 fully saturated rings. The molecule has 1 spiro atoms. The van der Waals surface area contributed by atoms with Gasteiger partial charge < -0.3 is 9.94 Å². The van der Waals surface area contributed by atoms with Gasteiger partial charge in [-0.1, -0.05) is 54.8 Å². The first-order chi connectivity index (χ1) is 8.84. The molecule has 3 nitrogen and oxygen atoms in total. The fourth-order valence-electron chi connectivity index (χ4n) is 3.26. The van der Waals surface area contributed by atoms with Crippen molar-refractivity contribution in [2.24, 2.45) is 5.16 Å². The lowest BCUT2D eigenvalue weighted by Gasteiger charge is -2.33. The first kappa shape index (κ1) is 11.7. The lowest BCUT2D eigenvalue weighted by Crippen LogP contribution is -2.38. The Bertz CT molecular complexity index is 435. The van der Waals surface area contributed by atoms with Crippen molar-refractivity contribution in [3.63, 3.8) is 0 Å². The van der Waals surface area contributed by atoms with Crippen molar-refractivity contribution in [2.75, 3.05) is 0 Å². The molecular weight excluding hydrogens is 226 g/mol. The van der Waals surface area contributed by atoms with Crippen molar-refractivity contribution in [1.29, 1.82) is 0 Å². The molecule has 96 valence electrons. The van der Waals surface area contributed by atoms with Gasteiger partial charge in [-0.15, -0.1) is 0 Å². The Hall–Kier alpha value is -1.35. The smallest absolute Gasteiger partial charge is 0.110 e. The maximum atomic E-state index is 9.26. The summed E-state index contributed by atoms with van der Waals surface area (Å²) in [6, 6.07) is 10.2. The van der Waals surface area contributed by atoms with E-state index < -0.39 is 0 Å². The third-order valence-corrected chi connectivity index (χ3v) is 4.23. The Kier molecular flexibility index (Phi) is 3.08. The number of oxime groups is 1. The summed E-state index contributed by atoms with van der Waals surface area (Å²) in [6.07, 6.45) is 6.36. The molecule has 18 heavy (non-hydrogen) atoms. The molecule has 3 heteroatoms. The van der Waals surface area contributed by atoms with E-state index >= 15 is 0 Å². The van der Waals surface area contributed by atoms with E-state index in [-0.39, 0.29) is 11.7 Å². The molecule has 1 aliphatic carbocycles. The minimum Gasteiger partial charge on any atom is -0.411 e. The van der Waals surface area contributed by atoms with Crippen LogP contribution in [-0.4, -0.2) is 16.5 Å². The van der Waals surface area contributed by atoms with Gasteiger partial charge >= 0.3 is 0 Å². The molecule has 1 saturated heterocycles. The topological polar surface area (TPSA) is 41.8 Å². The molecule has 0 bridgehead atoms. The van der Waals surface area contributed by atoms with Gasteiger partial charge in [-0.05, 0) is 18.4 Å². The molecule has 1 N–H and O–H groups in total. The average molecular weight is 245 g/mol. The van der Waals surface area contributed by atoms with Crippen molar-refractivity contribution < 1.29 is 9.94 Å². The molecule has 3 rings (SSSR count). The zero-order valence-corrected chi connectivity index (χ0v) is 10.5. The summed E-state index contributed by atoms with van der Waals surface area (Å²) in [7, 11) is 0. The summed E-state index contributed by atoms with van der Waals surface area (Å²) in [5.41, 5.74) is 1.74. The van der Waals surface area contributed by atoms with E-state index in [0.29, 0.717) is 0 Å². The first-order valence-electron chi connectivity index (χ1n) is 6.78. The first-order valence-corrected chi connectivity index (χ1v) is 6.78. The van der Waals surface area contributed by atoms with Gasteiger partial charge in [0.1, 0.15) is 5.60 Å². The third kappa shape index (κ3) is 1.93. The number of rotatable bonds is 1. The van der Waals surface area contributed by atoms with Crippen molar-refractivity contribution in [3.05, 3.63) is 35.9 Å². The van der Waals surface area contributed by atoms with Crippen LogP contribution in [0.25, 0.3) is 0 Å². The summed E-state index contributed by atoms with van der Waals surface area (Å²) >= 11 is 0. The van der Waals surface area contributed by atoms with Crippen LogP contribution >= 0.6 is 0 Å². The fraction of sp³-hybridized carbons (Fsp3) is 0.533. The molecule has 1 aliphatic heterocycles. The van der Waals surface area contributed by atoms with Crippen LogP contribution in [0, 0.1) is 0 Å². The van der Waals surface area contributed by atoms with E-state index in [2.05, 4.69) is 17.3 Å². The molecular formula is C15H19NO2. The predicted molar refractivity (Wildman–Crippen MR) is 69.9 cm³/mol. The van der Waals surface area contributed by atoms with E-state index in [0.717, 1.165) is 25.0 Å². The monoisotopic (exact) mass is 245 g/mol. The van der Waals surface area contributed by atoms with Crippen LogP contribution in [0.2, 0.25) is 0 Å². The minimum atomic E-state index is -0.284. The molecule has 1 saturated carbocycles. The van der Waals surface area contributed by atoms with Crippen molar-refractivity contribution >= 4 is 5.71 Å². The van der Waals surface area contributed by atoms with Gasteiger partial charge in [0, 0.05) is 6.42 Å². The van der Waals surface area contributed by atoms with Crippen molar-refractivity contribution in [3.8, 4) is 0 Å². The van der Waals surface area contributed by atoms with Gasteiger partial charge in [-0.3, -0.25) is 0 Å². The summed E-state index contributed by atoms with van der Waals surface area (Å²) in [4.78, 5) is 0. The average Bonchev–Trinajstić information content (AvgIpc) is 2.79. The normalized spacial score (nSPS) is 28.9. The number of nitrogens with zero attached hydrogens (tertiary/aromatic N) is 1. The number of hydrogen-bond acceptors (Lipinski definition) is 3. The second-order valence-corrected chi connectivity index (χ2v) is 5.32. The molecule has 2 aliphatic rings. The van der Waals surface area contributed by atoms with E-state index in [1.165, 1.54) is 24.8 Å². The van der Waals surface area contributed by atoms with Crippen LogP contribution in [0.15, 0.2) is 35.5 Å². The van der Waals surface area contributed by atoms with Crippen LogP contribution in [0.1, 0.15) is 50.2 Å². The van der Waals surface area contributed by atoms with Crippen LogP contribution < -0.4 is 0 Å². The number of ether oxygens (including phenoxy) is 1. The molecule has 1 aromatic carbocycles. The largest absolute Gasteiger partial charge is 0.411 e.